The quantitative estimate of drug-likeness (QED) is 0.655. The SMILES string of the molecule is COC(=O)C1=C(CCl)N(c2ccc(C)cc2)C(=O)NC1c1ccccc1. The van der Waals surface area contributed by atoms with Crippen molar-refractivity contribution in [3.8, 4) is 0 Å². The highest BCUT2D eigenvalue weighted by Gasteiger charge is 2.38. The monoisotopic (exact) mass is 370 g/mol. The predicted molar refractivity (Wildman–Crippen MR) is 101 cm³/mol. The lowest BCUT2D eigenvalue weighted by atomic mass is 9.94. The summed E-state index contributed by atoms with van der Waals surface area (Å²) in [5.41, 5.74) is 3.23. The average Bonchev–Trinajstić information content (AvgIpc) is 2.68. The maximum Gasteiger partial charge on any atom is 0.338 e. The lowest BCUT2D eigenvalue weighted by molar-refractivity contribution is -0.136. The summed E-state index contributed by atoms with van der Waals surface area (Å²) < 4.78 is 4.98. The van der Waals surface area contributed by atoms with Gasteiger partial charge in [0, 0.05) is 0 Å². The number of urea groups is 1. The number of carbonyl (C=O) groups excluding carboxylic acids is 2. The minimum Gasteiger partial charge on any atom is -0.466 e. The van der Waals surface area contributed by atoms with E-state index in [0.29, 0.717) is 17.0 Å². The number of hydrogen-bond acceptors (Lipinski definition) is 3. The van der Waals surface area contributed by atoms with Crippen LogP contribution in [-0.4, -0.2) is 25.0 Å². The molecule has 26 heavy (non-hydrogen) atoms. The number of anilines is 1. The van der Waals surface area contributed by atoms with Crippen LogP contribution in [0, 0.1) is 6.92 Å². The van der Waals surface area contributed by atoms with Gasteiger partial charge in [0.15, 0.2) is 0 Å². The normalized spacial score (nSPS) is 17.1. The zero-order valence-corrected chi connectivity index (χ0v) is 15.3. The number of nitrogens with one attached hydrogen (secondary N) is 1. The van der Waals surface area contributed by atoms with Gasteiger partial charge in [-0.05, 0) is 24.6 Å². The van der Waals surface area contributed by atoms with Crippen molar-refractivity contribution in [2.24, 2.45) is 0 Å². The highest BCUT2D eigenvalue weighted by molar-refractivity contribution is 6.21. The van der Waals surface area contributed by atoms with E-state index in [1.54, 1.807) is 0 Å². The van der Waals surface area contributed by atoms with E-state index in [0.717, 1.165) is 11.1 Å². The Bertz CT molecular complexity index is 847. The number of nitrogens with zero attached hydrogens (tertiary/aromatic N) is 1. The highest BCUT2D eigenvalue weighted by Crippen LogP contribution is 2.34. The molecule has 1 aliphatic rings. The number of methoxy groups -OCH3 is 1. The van der Waals surface area contributed by atoms with Gasteiger partial charge in [0.1, 0.15) is 0 Å². The van der Waals surface area contributed by atoms with Gasteiger partial charge in [-0.1, -0.05) is 48.0 Å². The van der Waals surface area contributed by atoms with Gasteiger partial charge in [-0.25, -0.2) is 9.59 Å². The molecule has 1 N–H and O–H groups in total. The molecule has 134 valence electrons. The van der Waals surface area contributed by atoms with Crippen molar-refractivity contribution in [2.75, 3.05) is 17.9 Å². The smallest absolute Gasteiger partial charge is 0.338 e. The molecule has 1 aliphatic heterocycles. The van der Waals surface area contributed by atoms with E-state index in [4.69, 9.17) is 16.3 Å². The molecule has 0 saturated carbocycles. The average molecular weight is 371 g/mol. The van der Waals surface area contributed by atoms with Crippen LogP contribution in [0.4, 0.5) is 10.5 Å². The van der Waals surface area contributed by atoms with Gasteiger partial charge < -0.3 is 10.1 Å². The molecule has 0 bridgehead atoms. The molecule has 0 aromatic heterocycles. The van der Waals surface area contributed by atoms with E-state index in [1.165, 1.54) is 12.0 Å². The maximum absolute atomic E-state index is 12.9. The van der Waals surface area contributed by atoms with E-state index in [-0.39, 0.29) is 11.9 Å². The third-order valence-electron chi connectivity index (χ3n) is 4.30. The fourth-order valence-corrected chi connectivity index (χ4v) is 3.27. The van der Waals surface area contributed by atoms with Crippen LogP contribution < -0.4 is 10.2 Å². The summed E-state index contributed by atoms with van der Waals surface area (Å²) in [5, 5.41) is 2.90. The summed E-state index contributed by atoms with van der Waals surface area (Å²) in [6.45, 7) is 1.96. The molecule has 1 atom stereocenters. The Morgan fingerprint density at radius 1 is 1.15 bits per heavy atom. The number of carbonyl (C=O) groups is 2. The minimum atomic E-state index is -0.619. The Hall–Kier alpha value is -2.79. The third-order valence-corrected chi connectivity index (χ3v) is 4.55. The Kier molecular flexibility index (Phi) is 5.28. The van der Waals surface area contributed by atoms with Crippen LogP contribution in [0.25, 0.3) is 0 Å². The Balaban J connectivity index is 2.17. The van der Waals surface area contributed by atoms with Crippen molar-refractivity contribution in [3.05, 3.63) is 77.0 Å². The first kappa shape index (κ1) is 18.0. The van der Waals surface area contributed by atoms with E-state index in [2.05, 4.69) is 5.32 Å². The van der Waals surface area contributed by atoms with Crippen molar-refractivity contribution in [2.45, 2.75) is 13.0 Å². The van der Waals surface area contributed by atoms with Crippen molar-refractivity contribution in [3.63, 3.8) is 0 Å². The van der Waals surface area contributed by atoms with Crippen LogP contribution in [0.3, 0.4) is 0 Å². The summed E-state index contributed by atoms with van der Waals surface area (Å²) in [7, 11) is 1.32. The second kappa shape index (κ2) is 7.62. The molecule has 6 heteroatoms. The molecule has 3 rings (SSSR count). The van der Waals surface area contributed by atoms with E-state index in [1.807, 2.05) is 61.5 Å². The number of halogens is 1. The van der Waals surface area contributed by atoms with Crippen LogP contribution >= 0.6 is 11.6 Å². The van der Waals surface area contributed by atoms with Gasteiger partial charge in [-0.3, -0.25) is 4.90 Å². The number of aryl methyl sites for hydroxylation is 1. The summed E-state index contributed by atoms with van der Waals surface area (Å²) in [6.07, 6.45) is 0. The van der Waals surface area contributed by atoms with Gasteiger partial charge in [0.25, 0.3) is 0 Å². The summed E-state index contributed by atoms with van der Waals surface area (Å²) in [5.74, 6) is -0.527. The molecular weight excluding hydrogens is 352 g/mol. The highest BCUT2D eigenvalue weighted by atomic mass is 35.5. The van der Waals surface area contributed by atoms with Crippen molar-refractivity contribution < 1.29 is 14.3 Å². The van der Waals surface area contributed by atoms with Crippen LogP contribution in [0.15, 0.2) is 65.9 Å². The zero-order chi connectivity index (χ0) is 18.7. The number of hydrogen-bond donors (Lipinski definition) is 1. The van der Waals surface area contributed by atoms with Gasteiger partial charge in [-0.15, -0.1) is 11.6 Å². The summed E-state index contributed by atoms with van der Waals surface area (Å²) in [6, 6.07) is 15.7. The Labute approximate surface area is 157 Å². The second-order valence-electron chi connectivity index (χ2n) is 5.95. The Morgan fingerprint density at radius 2 is 1.81 bits per heavy atom. The van der Waals surface area contributed by atoms with E-state index < -0.39 is 12.0 Å². The number of allylic oxidation sites excluding steroid dienone is 1. The first-order chi connectivity index (χ1) is 12.6. The molecule has 2 aromatic rings. The molecule has 0 fully saturated rings. The van der Waals surface area contributed by atoms with Crippen LogP contribution in [0.5, 0.6) is 0 Å². The number of amides is 2. The molecular formula is C20H19ClN2O3. The fraction of sp³-hybridized carbons (Fsp3) is 0.200. The van der Waals surface area contributed by atoms with Crippen molar-refractivity contribution in [1.82, 2.24) is 5.32 Å². The number of benzene rings is 2. The minimum absolute atomic E-state index is 0.00490. The number of ether oxygens (including phenoxy) is 1. The maximum atomic E-state index is 12.9. The third kappa shape index (κ3) is 3.30. The fourth-order valence-electron chi connectivity index (χ4n) is 3.01. The van der Waals surface area contributed by atoms with Crippen LogP contribution in [-0.2, 0) is 9.53 Å². The zero-order valence-electron chi connectivity index (χ0n) is 14.5. The van der Waals surface area contributed by atoms with Gasteiger partial charge in [0.2, 0.25) is 0 Å². The lowest BCUT2D eigenvalue weighted by Crippen LogP contribution is -2.49. The van der Waals surface area contributed by atoms with E-state index >= 15 is 0 Å². The van der Waals surface area contributed by atoms with Gasteiger partial charge >= 0.3 is 12.0 Å². The summed E-state index contributed by atoms with van der Waals surface area (Å²) in [4.78, 5) is 26.8. The van der Waals surface area contributed by atoms with Crippen molar-refractivity contribution >= 4 is 29.3 Å². The van der Waals surface area contributed by atoms with E-state index in [9.17, 15) is 9.59 Å². The number of alkyl halides is 1. The molecule has 2 amide bonds. The molecule has 1 unspecified atom stereocenters. The topological polar surface area (TPSA) is 58.6 Å². The van der Waals surface area contributed by atoms with Gasteiger partial charge in [0.05, 0.1) is 36.0 Å². The van der Waals surface area contributed by atoms with Gasteiger partial charge in [-0.2, -0.15) is 0 Å². The second-order valence-corrected chi connectivity index (χ2v) is 6.22. The van der Waals surface area contributed by atoms with Crippen LogP contribution in [0.2, 0.25) is 0 Å². The lowest BCUT2D eigenvalue weighted by Gasteiger charge is -2.36. The largest absolute Gasteiger partial charge is 0.466 e. The molecule has 0 spiro atoms. The molecule has 0 saturated heterocycles. The first-order valence-corrected chi connectivity index (χ1v) is 8.69. The van der Waals surface area contributed by atoms with Crippen LogP contribution in [0.1, 0.15) is 17.2 Å². The first-order valence-electron chi connectivity index (χ1n) is 8.16. The molecule has 0 aliphatic carbocycles. The molecule has 1 heterocycles. The van der Waals surface area contributed by atoms with Crippen molar-refractivity contribution in [1.29, 1.82) is 0 Å². The molecule has 2 aromatic carbocycles. The Morgan fingerprint density at radius 3 is 2.38 bits per heavy atom. The molecule has 5 nitrogen and oxygen atoms in total. The standard InChI is InChI=1S/C20H19ClN2O3/c1-13-8-10-15(11-9-13)23-16(12-21)17(19(24)26-2)18(22-20(23)25)14-6-4-3-5-7-14/h3-11,18H,12H2,1-2H3,(H,22,25). The number of rotatable bonds is 4. The predicted octanol–water partition coefficient (Wildman–Crippen LogP) is 3.93. The number of esters is 1. The molecule has 0 radical (unpaired) electrons. The summed E-state index contributed by atoms with van der Waals surface area (Å²) >= 11 is 6.18.